The number of anilines is 1. The topological polar surface area (TPSA) is 51.4 Å². The Morgan fingerprint density at radius 1 is 1.25 bits per heavy atom. The standard InChI is InChI=1S/C15H16ClN3O/c16-12-5-6-15(18-13(12)9-17)19-7-8-20-14-4-2-1-3-11(14)10-19/h1-6H,7-10,17H2. The maximum Gasteiger partial charge on any atom is 0.129 e. The SMILES string of the molecule is NCc1nc(N2CCOc3ccccc3C2)ccc1Cl. The van der Waals surface area contributed by atoms with E-state index >= 15 is 0 Å². The van der Waals surface area contributed by atoms with Gasteiger partial charge >= 0.3 is 0 Å². The van der Waals surface area contributed by atoms with Gasteiger partial charge in [0.15, 0.2) is 0 Å². The van der Waals surface area contributed by atoms with Crippen LogP contribution in [0.25, 0.3) is 0 Å². The summed E-state index contributed by atoms with van der Waals surface area (Å²) in [7, 11) is 0. The van der Waals surface area contributed by atoms with Gasteiger partial charge in [0, 0.05) is 18.7 Å². The number of fused-ring (bicyclic) bond motifs is 1. The highest BCUT2D eigenvalue weighted by atomic mass is 35.5. The molecule has 0 saturated heterocycles. The Bertz CT molecular complexity index is 618. The number of halogens is 1. The number of rotatable bonds is 2. The highest BCUT2D eigenvalue weighted by molar-refractivity contribution is 6.31. The molecule has 1 aromatic carbocycles. The monoisotopic (exact) mass is 289 g/mol. The lowest BCUT2D eigenvalue weighted by molar-refractivity contribution is 0.331. The molecule has 0 atom stereocenters. The van der Waals surface area contributed by atoms with Crippen LogP contribution in [0.2, 0.25) is 5.02 Å². The van der Waals surface area contributed by atoms with Gasteiger partial charge in [-0.3, -0.25) is 0 Å². The smallest absolute Gasteiger partial charge is 0.129 e. The van der Waals surface area contributed by atoms with Gasteiger partial charge in [-0.15, -0.1) is 0 Å². The Hall–Kier alpha value is -1.78. The van der Waals surface area contributed by atoms with Gasteiger partial charge in [0.05, 0.1) is 17.3 Å². The minimum absolute atomic E-state index is 0.341. The van der Waals surface area contributed by atoms with Gasteiger partial charge in [0.1, 0.15) is 18.2 Å². The lowest BCUT2D eigenvalue weighted by Gasteiger charge is -2.21. The van der Waals surface area contributed by atoms with E-state index in [2.05, 4.69) is 16.0 Å². The molecule has 4 nitrogen and oxygen atoms in total. The second kappa shape index (κ2) is 5.69. The molecule has 1 aromatic heterocycles. The molecule has 0 bridgehead atoms. The third-order valence-corrected chi connectivity index (χ3v) is 3.72. The number of hydrogen-bond donors (Lipinski definition) is 1. The summed E-state index contributed by atoms with van der Waals surface area (Å²) >= 11 is 6.06. The van der Waals surface area contributed by atoms with Crippen LogP contribution < -0.4 is 15.4 Å². The number of nitrogens with zero attached hydrogens (tertiary/aromatic N) is 2. The molecule has 20 heavy (non-hydrogen) atoms. The molecule has 2 aromatic rings. The predicted molar refractivity (Wildman–Crippen MR) is 80.1 cm³/mol. The zero-order chi connectivity index (χ0) is 13.9. The van der Waals surface area contributed by atoms with Crippen LogP contribution >= 0.6 is 11.6 Å². The van der Waals surface area contributed by atoms with Crippen LogP contribution in [0.15, 0.2) is 36.4 Å². The van der Waals surface area contributed by atoms with E-state index in [1.165, 1.54) is 0 Å². The van der Waals surface area contributed by atoms with Crippen molar-refractivity contribution in [3.05, 3.63) is 52.7 Å². The summed E-state index contributed by atoms with van der Waals surface area (Å²) in [5.74, 6) is 1.83. The van der Waals surface area contributed by atoms with E-state index in [9.17, 15) is 0 Å². The van der Waals surface area contributed by atoms with Gasteiger partial charge in [-0.2, -0.15) is 0 Å². The van der Waals surface area contributed by atoms with Crippen molar-refractivity contribution in [2.24, 2.45) is 5.73 Å². The van der Waals surface area contributed by atoms with Crippen molar-refractivity contribution in [1.82, 2.24) is 4.98 Å². The molecule has 104 valence electrons. The van der Waals surface area contributed by atoms with Gasteiger partial charge in [-0.25, -0.2) is 4.98 Å². The van der Waals surface area contributed by atoms with E-state index in [1.807, 2.05) is 30.3 Å². The third-order valence-electron chi connectivity index (χ3n) is 3.37. The molecule has 2 N–H and O–H groups in total. The molecule has 0 saturated carbocycles. The summed E-state index contributed by atoms with van der Waals surface area (Å²) in [6.45, 7) is 2.54. The Morgan fingerprint density at radius 2 is 2.10 bits per heavy atom. The van der Waals surface area contributed by atoms with Crippen molar-refractivity contribution in [1.29, 1.82) is 0 Å². The summed E-state index contributed by atoms with van der Waals surface area (Å²) in [5.41, 5.74) is 7.55. The molecule has 0 aliphatic carbocycles. The van der Waals surface area contributed by atoms with E-state index in [0.29, 0.717) is 18.2 Å². The summed E-state index contributed by atoms with van der Waals surface area (Å²) in [6, 6.07) is 11.9. The molecule has 0 spiro atoms. The van der Waals surface area contributed by atoms with Crippen LogP contribution in [0, 0.1) is 0 Å². The van der Waals surface area contributed by atoms with Gasteiger partial charge in [-0.1, -0.05) is 29.8 Å². The number of pyridine rings is 1. The summed E-state index contributed by atoms with van der Waals surface area (Å²) in [6.07, 6.45) is 0. The third kappa shape index (κ3) is 2.57. The molecule has 0 radical (unpaired) electrons. The van der Waals surface area contributed by atoms with E-state index in [4.69, 9.17) is 22.1 Å². The largest absolute Gasteiger partial charge is 0.491 e. The fourth-order valence-electron chi connectivity index (χ4n) is 2.31. The number of para-hydroxylation sites is 1. The van der Waals surface area contributed by atoms with Crippen molar-refractivity contribution in [3.8, 4) is 5.75 Å². The summed E-state index contributed by atoms with van der Waals surface area (Å²) < 4.78 is 5.76. The average molecular weight is 290 g/mol. The molecule has 0 fully saturated rings. The molecular formula is C15H16ClN3O. The van der Waals surface area contributed by atoms with Crippen LogP contribution in [0.5, 0.6) is 5.75 Å². The number of ether oxygens (including phenoxy) is 1. The number of benzene rings is 1. The first-order chi connectivity index (χ1) is 9.78. The predicted octanol–water partition coefficient (Wildman–Crippen LogP) is 2.59. The normalized spacial score (nSPS) is 14.4. The van der Waals surface area contributed by atoms with Crippen LogP contribution in [0.1, 0.15) is 11.3 Å². The van der Waals surface area contributed by atoms with Crippen molar-refractivity contribution in [2.75, 3.05) is 18.1 Å². The maximum atomic E-state index is 6.06. The number of aromatic nitrogens is 1. The lowest BCUT2D eigenvalue weighted by atomic mass is 10.2. The molecule has 0 amide bonds. The van der Waals surface area contributed by atoms with E-state index in [1.54, 1.807) is 0 Å². The fraction of sp³-hybridized carbons (Fsp3) is 0.267. The highest BCUT2D eigenvalue weighted by Gasteiger charge is 2.16. The molecule has 3 rings (SSSR count). The quantitative estimate of drug-likeness (QED) is 0.923. The van der Waals surface area contributed by atoms with Crippen LogP contribution in [0.3, 0.4) is 0 Å². The Balaban J connectivity index is 1.91. The zero-order valence-corrected chi connectivity index (χ0v) is 11.8. The molecule has 2 heterocycles. The van der Waals surface area contributed by atoms with Crippen molar-refractivity contribution in [2.45, 2.75) is 13.1 Å². The van der Waals surface area contributed by atoms with Crippen molar-refractivity contribution < 1.29 is 4.74 Å². The molecule has 1 aliphatic heterocycles. The Labute approximate surface area is 123 Å². The number of nitrogens with two attached hydrogens (primary N) is 1. The highest BCUT2D eigenvalue weighted by Crippen LogP contribution is 2.26. The maximum absolute atomic E-state index is 6.06. The van der Waals surface area contributed by atoms with Crippen LogP contribution in [-0.2, 0) is 13.1 Å². The fourth-order valence-corrected chi connectivity index (χ4v) is 2.50. The first kappa shape index (κ1) is 13.2. The minimum Gasteiger partial charge on any atom is -0.491 e. The first-order valence-electron chi connectivity index (χ1n) is 6.59. The second-order valence-electron chi connectivity index (χ2n) is 4.68. The number of hydrogen-bond acceptors (Lipinski definition) is 4. The second-order valence-corrected chi connectivity index (χ2v) is 5.09. The van der Waals surface area contributed by atoms with Crippen molar-refractivity contribution in [3.63, 3.8) is 0 Å². The molecular weight excluding hydrogens is 274 g/mol. The van der Waals surface area contributed by atoms with Crippen LogP contribution in [-0.4, -0.2) is 18.1 Å². The zero-order valence-electron chi connectivity index (χ0n) is 11.1. The van der Waals surface area contributed by atoms with Crippen LogP contribution in [0.4, 0.5) is 5.82 Å². The van der Waals surface area contributed by atoms with Gasteiger partial charge < -0.3 is 15.4 Å². The Kier molecular flexibility index (Phi) is 3.76. The van der Waals surface area contributed by atoms with E-state index in [0.717, 1.165) is 35.9 Å². The first-order valence-corrected chi connectivity index (χ1v) is 6.97. The lowest BCUT2D eigenvalue weighted by Crippen LogP contribution is -2.26. The van der Waals surface area contributed by atoms with Crippen molar-refractivity contribution >= 4 is 17.4 Å². The molecule has 0 unspecified atom stereocenters. The summed E-state index contributed by atoms with van der Waals surface area (Å²) in [4.78, 5) is 6.72. The van der Waals surface area contributed by atoms with E-state index < -0.39 is 0 Å². The molecule has 5 heteroatoms. The molecule has 1 aliphatic rings. The average Bonchev–Trinajstić information content (AvgIpc) is 2.70. The van der Waals surface area contributed by atoms with Gasteiger partial charge in [0.25, 0.3) is 0 Å². The van der Waals surface area contributed by atoms with Gasteiger partial charge in [0.2, 0.25) is 0 Å². The Morgan fingerprint density at radius 3 is 2.95 bits per heavy atom. The van der Waals surface area contributed by atoms with E-state index in [-0.39, 0.29) is 0 Å². The summed E-state index contributed by atoms with van der Waals surface area (Å²) in [5, 5.41) is 0.614. The minimum atomic E-state index is 0.341. The van der Waals surface area contributed by atoms with Gasteiger partial charge in [-0.05, 0) is 18.2 Å².